The number of hydrogen-bond donors (Lipinski definition) is 10. The third-order valence-electron chi connectivity index (χ3n) is 5.33. The van der Waals surface area contributed by atoms with Crippen LogP contribution in [0.15, 0.2) is 9.98 Å². The molecule has 0 aromatic carbocycles. The second-order valence-electron chi connectivity index (χ2n) is 8.25. The molecule has 0 aliphatic carbocycles. The Bertz CT molecular complexity index is 811. The zero-order valence-corrected chi connectivity index (χ0v) is 21.0. The fourth-order valence-electron chi connectivity index (χ4n) is 3.45. The molecule has 13 N–H and O–H groups in total. The van der Waals surface area contributed by atoms with E-state index < -0.39 is 42.0 Å². The number of nitrogens with one attached hydrogen (secondary N) is 4. The summed E-state index contributed by atoms with van der Waals surface area (Å²) in [5, 5.41) is 20.1. The minimum Gasteiger partial charge on any atom is -0.480 e. The van der Waals surface area contributed by atoms with Gasteiger partial charge in [-0.15, -0.1) is 0 Å². The minimum atomic E-state index is -1.24. The van der Waals surface area contributed by atoms with Gasteiger partial charge in [0.05, 0.1) is 6.04 Å². The van der Waals surface area contributed by atoms with Crippen LogP contribution in [0.3, 0.4) is 0 Å². The highest BCUT2D eigenvalue weighted by molar-refractivity contribution is 7.80. The van der Waals surface area contributed by atoms with Gasteiger partial charge in [0.2, 0.25) is 17.7 Å². The topological polar surface area (TPSA) is 265 Å². The molecule has 16 heteroatoms. The van der Waals surface area contributed by atoms with Crippen molar-refractivity contribution < 1.29 is 24.3 Å². The summed E-state index contributed by atoms with van der Waals surface area (Å²) in [5.74, 6) is -3.22. The van der Waals surface area contributed by atoms with Gasteiger partial charge in [0.15, 0.2) is 11.9 Å². The van der Waals surface area contributed by atoms with Crippen molar-refractivity contribution in [3.63, 3.8) is 0 Å². The average molecular weight is 531 g/mol. The van der Waals surface area contributed by atoms with E-state index in [-0.39, 0.29) is 49.5 Å². The molecule has 1 aliphatic heterocycles. The first-order chi connectivity index (χ1) is 17.0. The molecule has 0 spiro atoms. The van der Waals surface area contributed by atoms with Crippen LogP contribution in [0.5, 0.6) is 0 Å². The number of carbonyl (C=O) groups excluding carboxylic acids is 3. The number of rotatable bonds is 16. The SMILES string of the molecule is NC(N)=NCCCC(NC(=O)C(CS)NC(=O)C(CCCN=C(N)N)NC(=O)C1CCCN1)C(=O)O. The highest BCUT2D eigenvalue weighted by atomic mass is 32.1. The average Bonchev–Trinajstić information content (AvgIpc) is 3.35. The van der Waals surface area contributed by atoms with Crippen molar-refractivity contribution in [2.75, 3.05) is 25.4 Å². The molecule has 0 aromatic rings. The van der Waals surface area contributed by atoms with Crippen molar-refractivity contribution in [3.8, 4) is 0 Å². The van der Waals surface area contributed by atoms with Crippen LogP contribution < -0.4 is 44.2 Å². The molecular weight excluding hydrogens is 492 g/mol. The van der Waals surface area contributed by atoms with Gasteiger partial charge < -0.3 is 49.3 Å². The summed E-state index contributed by atoms with van der Waals surface area (Å²) in [7, 11) is 0. The number of hydrogen-bond acceptors (Lipinski definition) is 8. The highest BCUT2D eigenvalue weighted by Gasteiger charge is 2.30. The number of amides is 3. The number of nitrogens with two attached hydrogens (primary N) is 4. The van der Waals surface area contributed by atoms with Crippen molar-refractivity contribution in [1.82, 2.24) is 21.3 Å². The summed E-state index contributed by atoms with van der Waals surface area (Å²) in [5.41, 5.74) is 21.1. The van der Waals surface area contributed by atoms with Crippen molar-refractivity contribution in [3.05, 3.63) is 0 Å². The number of thiol groups is 1. The van der Waals surface area contributed by atoms with Crippen LogP contribution in [-0.2, 0) is 19.2 Å². The minimum absolute atomic E-state index is 0.0724. The van der Waals surface area contributed by atoms with E-state index in [4.69, 9.17) is 22.9 Å². The Labute approximate surface area is 215 Å². The zero-order valence-electron chi connectivity index (χ0n) is 20.1. The van der Waals surface area contributed by atoms with Crippen molar-refractivity contribution in [1.29, 1.82) is 0 Å². The molecule has 0 bridgehead atoms. The lowest BCUT2D eigenvalue weighted by Crippen LogP contribution is -2.57. The molecule has 0 aromatic heterocycles. The van der Waals surface area contributed by atoms with Gasteiger partial charge in [-0.3, -0.25) is 24.4 Å². The molecule has 4 unspecified atom stereocenters. The van der Waals surface area contributed by atoms with Gasteiger partial charge in [-0.1, -0.05) is 0 Å². The number of aliphatic carboxylic acids is 1. The molecule has 0 radical (unpaired) electrons. The number of carboxylic acid groups (broad SMARTS) is 1. The normalized spacial score (nSPS) is 17.2. The summed E-state index contributed by atoms with van der Waals surface area (Å²) in [6.45, 7) is 1.16. The number of nitrogens with zero attached hydrogens (tertiary/aromatic N) is 2. The lowest BCUT2D eigenvalue weighted by atomic mass is 10.1. The standard InChI is InChI=1S/C20H38N10O5S/c21-19(22)26-8-2-5-12(28-15(31)11-4-1-7-25-11)16(32)30-14(10-36)17(33)29-13(18(34)35)6-3-9-27-20(23)24/h11-14,25,36H,1-10H2,(H,28,31)(H,29,33)(H,30,32)(H,34,35)(H4,21,22,26)(H4,23,24,27). The van der Waals surface area contributed by atoms with Crippen LogP contribution in [0, 0.1) is 0 Å². The third-order valence-corrected chi connectivity index (χ3v) is 5.70. The molecule has 204 valence electrons. The first-order valence-electron chi connectivity index (χ1n) is 11.6. The molecule has 1 rings (SSSR count). The Morgan fingerprint density at radius 2 is 1.42 bits per heavy atom. The smallest absolute Gasteiger partial charge is 0.326 e. The van der Waals surface area contributed by atoms with Gasteiger partial charge in [0.1, 0.15) is 18.1 Å². The van der Waals surface area contributed by atoms with Gasteiger partial charge >= 0.3 is 5.97 Å². The highest BCUT2D eigenvalue weighted by Crippen LogP contribution is 2.07. The zero-order chi connectivity index (χ0) is 27.1. The van der Waals surface area contributed by atoms with Crippen LogP contribution in [-0.4, -0.2) is 90.3 Å². The number of guanidine groups is 2. The van der Waals surface area contributed by atoms with Crippen LogP contribution >= 0.6 is 12.6 Å². The molecule has 15 nitrogen and oxygen atoms in total. The van der Waals surface area contributed by atoms with E-state index in [1.54, 1.807) is 0 Å². The van der Waals surface area contributed by atoms with Gasteiger partial charge in [-0.2, -0.15) is 12.6 Å². The molecular formula is C20H38N10O5S. The van der Waals surface area contributed by atoms with Crippen molar-refractivity contribution in [2.45, 2.75) is 62.7 Å². The van der Waals surface area contributed by atoms with Crippen LogP contribution in [0.1, 0.15) is 38.5 Å². The third kappa shape index (κ3) is 11.9. The lowest BCUT2D eigenvalue weighted by molar-refractivity contribution is -0.142. The molecule has 0 saturated carbocycles. The first kappa shape index (κ1) is 30.8. The maximum atomic E-state index is 13.0. The number of aliphatic imine (C=N–C) groups is 2. The van der Waals surface area contributed by atoms with Crippen LogP contribution in [0.2, 0.25) is 0 Å². The van der Waals surface area contributed by atoms with E-state index in [1.165, 1.54) is 0 Å². The quantitative estimate of drug-likeness (QED) is 0.0404. The summed E-state index contributed by atoms with van der Waals surface area (Å²) in [6, 6.07) is -3.71. The first-order valence-corrected chi connectivity index (χ1v) is 12.3. The Kier molecular flexibility index (Phi) is 14.0. The maximum absolute atomic E-state index is 13.0. The molecule has 1 aliphatic rings. The van der Waals surface area contributed by atoms with E-state index in [0.717, 1.165) is 6.42 Å². The number of carbonyl (C=O) groups is 4. The summed E-state index contributed by atoms with van der Waals surface area (Å²) in [6.07, 6.45) is 2.48. The van der Waals surface area contributed by atoms with E-state index in [9.17, 15) is 24.3 Å². The summed E-state index contributed by atoms with van der Waals surface area (Å²) < 4.78 is 0. The summed E-state index contributed by atoms with van der Waals surface area (Å²) in [4.78, 5) is 57.5. The van der Waals surface area contributed by atoms with Crippen LogP contribution in [0.4, 0.5) is 0 Å². The van der Waals surface area contributed by atoms with E-state index in [0.29, 0.717) is 25.8 Å². The van der Waals surface area contributed by atoms with Gasteiger partial charge in [-0.25, -0.2) is 4.79 Å². The lowest BCUT2D eigenvalue weighted by Gasteiger charge is -2.24. The van der Waals surface area contributed by atoms with Gasteiger partial charge in [0, 0.05) is 18.8 Å². The second kappa shape index (κ2) is 16.4. The van der Waals surface area contributed by atoms with Crippen molar-refractivity contribution >= 4 is 48.2 Å². The predicted molar refractivity (Wildman–Crippen MR) is 138 cm³/mol. The maximum Gasteiger partial charge on any atom is 0.326 e. The largest absolute Gasteiger partial charge is 0.480 e. The Morgan fingerprint density at radius 3 is 1.89 bits per heavy atom. The molecule has 1 fully saturated rings. The van der Waals surface area contributed by atoms with Gasteiger partial charge in [-0.05, 0) is 45.1 Å². The number of carboxylic acids is 1. The second-order valence-corrected chi connectivity index (χ2v) is 8.62. The molecule has 1 heterocycles. The van der Waals surface area contributed by atoms with Crippen LogP contribution in [0.25, 0.3) is 0 Å². The summed E-state index contributed by atoms with van der Waals surface area (Å²) >= 11 is 4.12. The van der Waals surface area contributed by atoms with Gasteiger partial charge in [0.25, 0.3) is 0 Å². The fourth-order valence-corrected chi connectivity index (χ4v) is 3.71. The van der Waals surface area contributed by atoms with E-state index >= 15 is 0 Å². The molecule has 3 amide bonds. The fraction of sp³-hybridized carbons (Fsp3) is 0.700. The van der Waals surface area contributed by atoms with Crippen molar-refractivity contribution in [2.24, 2.45) is 32.9 Å². The molecule has 36 heavy (non-hydrogen) atoms. The monoisotopic (exact) mass is 530 g/mol. The Hall–Kier alpha value is -3.27. The predicted octanol–water partition coefficient (Wildman–Crippen LogP) is -3.69. The molecule has 1 saturated heterocycles. The molecule has 4 atom stereocenters. The van der Waals surface area contributed by atoms with E-state index in [2.05, 4.69) is 43.9 Å². The Balaban J connectivity index is 2.79. The Morgan fingerprint density at radius 1 is 0.889 bits per heavy atom. The van der Waals surface area contributed by atoms with E-state index in [1.807, 2.05) is 0 Å².